The van der Waals surface area contributed by atoms with Crippen molar-refractivity contribution >= 4 is 17.2 Å². The summed E-state index contributed by atoms with van der Waals surface area (Å²) < 4.78 is 5.14. The second-order valence-corrected chi connectivity index (χ2v) is 5.88. The van der Waals surface area contributed by atoms with Gasteiger partial charge in [0.05, 0.1) is 12.1 Å². The summed E-state index contributed by atoms with van der Waals surface area (Å²) in [4.78, 5) is 16.4. The van der Waals surface area contributed by atoms with E-state index in [-0.39, 0.29) is 11.9 Å². The molecule has 5 heteroatoms. The first-order valence-electron chi connectivity index (χ1n) is 7.00. The van der Waals surface area contributed by atoms with Crippen molar-refractivity contribution < 1.29 is 9.53 Å². The van der Waals surface area contributed by atoms with Gasteiger partial charge in [0.15, 0.2) is 0 Å². The van der Waals surface area contributed by atoms with Crippen molar-refractivity contribution in [1.29, 1.82) is 0 Å². The van der Waals surface area contributed by atoms with Gasteiger partial charge in [0.2, 0.25) is 0 Å². The molecule has 0 aliphatic heterocycles. The molecule has 2 aromatic rings. The number of carbonyl (C=O) groups is 1. The second kappa shape index (κ2) is 7.22. The lowest BCUT2D eigenvalue weighted by molar-refractivity contribution is 0.0935. The zero-order valence-electron chi connectivity index (χ0n) is 12.6. The number of thiazole rings is 1. The predicted molar refractivity (Wildman–Crippen MR) is 85.1 cm³/mol. The summed E-state index contributed by atoms with van der Waals surface area (Å²) in [6.07, 6.45) is 1.64. The average Bonchev–Trinajstić information content (AvgIpc) is 2.96. The number of amides is 1. The molecule has 0 radical (unpaired) electrons. The zero-order valence-corrected chi connectivity index (χ0v) is 13.4. The van der Waals surface area contributed by atoms with E-state index >= 15 is 0 Å². The lowest BCUT2D eigenvalue weighted by atomic mass is 10.1. The molecule has 0 bridgehead atoms. The van der Waals surface area contributed by atoms with Crippen LogP contribution in [0.2, 0.25) is 0 Å². The van der Waals surface area contributed by atoms with Gasteiger partial charge in [-0.15, -0.1) is 11.3 Å². The number of hydrogen-bond donors (Lipinski definition) is 1. The van der Waals surface area contributed by atoms with Crippen LogP contribution in [-0.2, 0) is 6.42 Å². The fourth-order valence-electron chi connectivity index (χ4n) is 1.81. The van der Waals surface area contributed by atoms with Gasteiger partial charge < -0.3 is 10.1 Å². The van der Waals surface area contributed by atoms with Crippen LogP contribution in [0.15, 0.2) is 29.6 Å². The van der Waals surface area contributed by atoms with Crippen molar-refractivity contribution in [3.05, 3.63) is 45.9 Å². The summed E-state index contributed by atoms with van der Waals surface area (Å²) in [5.74, 6) is 0.744. The second-order valence-electron chi connectivity index (χ2n) is 4.93. The molecule has 1 aromatic carbocycles. The summed E-state index contributed by atoms with van der Waals surface area (Å²) in [6.45, 7) is 4.03. The van der Waals surface area contributed by atoms with Crippen LogP contribution in [0, 0.1) is 0 Å². The van der Waals surface area contributed by atoms with Crippen molar-refractivity contribution in [1.82, 2.24) is 10.3 Å². The Bertz CT molecular complexity index is 593. The molecule has 0 aliphatic carbocycles. The van der Waals surface area contributed by atoms with Crippen molar-refractivity contribution in [2.75, 3.05) is 7.11 Å². The van der Waals surface area contributed by atoms with Gasteiger partial charge in [-0.1, -0.05) is 19.1 Å². The van der Waals surface area contributed by atoms with Gasteiger partial charge in [-0.05, 0) is 31.0 Å². The number of carbonyl (C=O) groups excluding carboxylic acids is 1. The average molecular weight is 304 g/mol. The Balaban J connectivity index is 2.00. The quantitative estimate of drug-likeness (QED) is 0.891. The number of aromatic nitrogens is 1. The van der Waals surface area contributed by atoms with Crippen LogP contribution in [0.5, 0.6) is 5.75 Å². The van der Waals surface area contributed by atoms with Crippen LogP contribution >= 0.6 is 11.3 Å². The van der Waals surface area contributed by atoms with E-state index in [9.17, 15) is 4.79 Å². The van der Waals surface area contributed by atoms with E-state index < -0.39 is 0 Å². The molecule has 0 saturated carbocycles. The molecule has 1 N–H and O–H groups in total. The Labute approximate surface area is 129 Å². The molecular weight excluding hydrogens is 284 g/mol. The first-order chi connectivity index (χ1) is 10.1. The molecule has 112 valence electrons. The molecule has 0 aliphatic rings. The third-order valence-corrected chi connectivity index (χ3v) is 4.14. The lowest BCUT2D eigenvalue weighted by Gasteiger charge is -2.09. The Morgan fingerprint density at radius 2 is 2.10 bits per heavy atom. The van der Waals surface area contributed by atoms with Gasteiger partial charge in [0.25, 0.3) is 5.91 Å². The van der Waals surface area contributed by atoms with Gasteiger partial charge >= 0.3 is 0 Å². The zero-order chi connectivity index (χ0) is 15.2. The Morgan fingerprint density at radius 3 is 2.71 bits per heavy atom. The summed E-state index contributed by atoms with van der Waals surface area (Å²) in [7, 11) is 1.65. The fraction of sp³-hybridized carbons (Fsp3) is 0.375. The van der Waals surface area contributed by atoms with Crippen molar-refractivity contribution in [2.24, 2.45) is 0 Å². The highest BCUT2D eigenvalue weighted by atomic mass is 32.1. The fourth-order valence-corrected chi connectivity index (χ4v) is 2.62. The molecule has 1 aromatic heterocycles. The summed E-state index contributed by atoms with van der Waals surface area (Å²) >= 11 is 1.51. The molecule has 1 atom stereocenters. The highest BCUT2D eigenvalue weighted by molar-refractivity contribution is 7.09. The highest BCUT2D eigenvalue weighted by Gasteiger charge is 2.12. The van der Waals surface area contributed by atoms with E-state index in [4.69, 9.17) is 4.74 Å². The van der Waals surface area contributed by atoms with E-state index in [1.807, 2.05) is 43.5 Å². The summed E-state index contributed by atoms with van der Waals surface area (Å²) in [5, 5.41) is 5.68. The third kappa shape index (κ3) is 4.29. The number of ether oxygens (including phenoxy) is 1. The number of benzene rings is 1. The molecule has 1 unspecified atom stereocenters. The van der Waals surface area contributed by atoms with Crippen LogP contribution in [0.3, 0.4) is 0 Å². The molecule has 1 amide bonds. The van der Waals surface area contributed by atoms with Crippen molar-refractivity contribution in [2.45, 2.75) is 32.7 Å². The molecule has 21 heavy (non-hydrogen) atoms. The number of nitrogens with one attached hydrogen (secondary N) is 1. The van der Waals surface area contributed by atoms with Crippen LogP contribution < -0.4 is 10.1 Å². The van der Waals surface area contributed by atoms with Crippen molar-refractivity contribution in [3.63, 3.8) is 0 Å². The van der Waals surface area contributed by atoms with E-state index in [1.54, 1.807) is 7.11 Å². The Kier molecular flexibility index (Phi) is 5.33. The van der Waals surface area contributed by atoms with E-state index in [2.05, 4.69) is 10.3 Å². The molecular formula is C16H20N2O2S. The maximum atomic E-state index is 12.0. The minimum atomic E-state index is -0.0958. The number of hydrogen-bond acceptors (Lipinski definition) is 4. The minimum absolute atomic E-state index is 0.0958. The Morgan fingerprint density at radius 1 is 1.38 bits per heavy atom. The van der Waals surface area contributed by atoms with Crippen LogP contribution in [0.4, 0.5) is 0 Å². The maximum absolute atomic E-state index is 12.0. The molecule has 4 nitrogen and oxygen atoms in total. The van der Waals surface area contributed by atoms with Gasteiger partial charge in [-0.25, -0.2) is 4.98 Å². The molecule has 0 saturated heterocycles. The Hall–Kier alpha value is -1.88. The summed E-state index contributed by atoms with van der Waals surface area (Å²) in [6, 6.07) is 8.06. The van der Waals surface area contributed by atoms with E-state index in [1.165, 1.54) is 11.3 Å². The first kappa shape index (κ1) is 15.5. The normalized spacial score (nSPS) is 12.0. The molecule has 2 rings (SSSR count). The smallest absolute Gasteiger partial charge is 0.270 e. The van der Waals surface area contributed by atoms with Gasteiger partial charge in [0, 0.05) is 17.8 Å². The molecule has 0 fully saturated rings. The predicted octanol–water partition coefficient (Wildman–Crippen LogP) is 3.27. The van der Waals surface area contributed by atoms with E-state index in [0.29, 0.717) is 5.69 Å². The lowest BCUT2D eigenvalue weighted by Crippen LogP contribution is -2.32. The standard InChI is InChI=1S/C16H20N2O2S/c1-4-11(2)17-16(19)14-10-21-15(18-14)9-12-5-7-13(20-3)8-6-12/h5-8,10-11H,4,9H2,1-3H3,(H,17,19). The number of rotatable bonds is 6. The van der Waals surface area contributed by atoms with Gasteiger partial charge in [-0.3, -0.25) is 4.79 Å². The number of nitrogens with zero attached hydrogens (tertiary/aromatic N) is 1. The monoisotopic (exact) mass is 304 g/mol. The number of methoxy groups -OCH3 is 1. The highest BCUT2D eigenvalue weighted by Crippen LogP contribution is 2.17. The van der Waals surface area contributed by atoms with Gasteiger partial charge in [-0.2, -0.15) is 0 Å². The topological polar surface area (TPSA) is 51.2 Å². The first-order valence-corrected chi connectivity index (χ1v) is 7.88. The van der Waals surface area contributed by atoms with E-state index in [0.717, 1.165) is 29.2 Å². The minimum Gasteiger partial charge on any atom is -0.497 e. The van der Waals surface area contributed by atoms with Crippen LogP contribution in [-0.4, -0.2) is 24.0 Å². The molecule has 0 spiro atoms. The van der Waals surface area contributed by atoms with Crippen LogP contribution in [0.25, 0.3) is 0 Å². The van der Waals surface area contributed by atoms with Crippen molar-refractivity contribution in [3.8, 4) is 5.75 Å². The SMILES string of the molecule is CCC(C)NC(=O)c1csc(Cc2ccc(OC)cc2)n1. The maximum Gasteiger partial charge on any atom is 0.270 e. The third-order valence-electron chi connectivity index (χ3n) is 3.29. The largest absolute Gasteiger partial charge is 0.497 e. The molecule has 1 heterocycles. The van der Waals surface area contributed by atoms with Crippen LogP contribution in [0.1, 0.15) is 41.3 Å². The van der Waals surface area contributed by atoms with Gasteiger partial charge in [0.1, 0.15) is 11.4 Å². The summed E-state index contributed by atoms with van der Waals surface area (Å²) in [5.41, 5.74) is 1.66.